The van der Waals surface area contributed by atoms with E-state index in [1.165, 1.54) is 0 Å². The molecule has 3 fully saturated rings. The Bertz CT molecular complexity index is 1740. The van der Waals surface area contributed by atoms with Crippen LogP contribution >= 0.6 is 11.6 Å². The lowest BCUT2D eigenvalue weighted by molar-refractivity contribution is -0.0716. The molecule has 0 radical (unpaired) electrons. The van der Waals surface area contributed by atoms with E-state index in [1.54, 1.807) is 30.5 Å². The number of hydrogen-bond acceptors (Lipinski definition) is 9. The van der Waals surface area contributed by atoms with Crippen LogP contribution in [0.4, 0.5) is 5.69 Å². The molecule has 6 heterocycles. The van der Waals surface area contributed by atoms with Gasteiger partial charge in [0.25, 0.3) is 5.79 Å². The highest BCUT2D eigenvalue weighted by Gasteiger charge is 2.46. The fourth-order valence-electron chi connectivity index (χ4n) is 6.77. The second-order valence-corrected chi connectivity index (χ2v) is 12.3. The largest absolute Gasteiger partial charge is 0.478 e. The highest BCUT2D eigenvalue weighted by atomic mass is 35.5. The summed E-state index contributed by atoms with van der Waals surface area (Å²) in [6, 6.07) is 15.0. The number of pyridine rings is 1. The Kier molecular flexibility index (Phi) is 6.67. The monoisotopic (exact) mass is 617 g/mol. The van der Waals surface area contributed by atoms with Crippen LogP contribution in [0.5, 0.6) is 11.5 Å². The van der Waals surface area contributed by atoms with E-state index >= 15 is 0 Å². The minimum absolute atomic E-state index is 0.103. The number of halogens is 1. The molecule has 44 heavy (non-hydrogen) atoms. The van der Waals surface area contributed by atoms with Crippen LogP contribution in [0.3, 0.4) is 0 Å². The first-order valence-electron chi connectivity index (χ1n) is 14.9. The van der Waals surface area contributed by atoms with Crippen LogP contribution in [0, 0.1) is 0 Å². The van der Waals surface area contributed by atoms with Gasteiger partial charge in [-0.1, -0.05) is 17.7 Å². The number of piperazine rings is 1. The summed E-state index contributed by atoms with van der Waals surface area (Å²) in [5.41, 5.74) is 3.47. The fourth-order valence-corrected chi connectivity index (χ4v) is 6.88. The lowest BCUT2D eigenvalue weighted by Crippen LogP contribution is -2.59. The van der Waals surface area contributed by atoms with Gasteiger partial charge >= 0.3 is 5.97 Å². The number of ether oxygens (including phenoxy) is 4. The van der Waals surface area contributed by atoms with Crippen molar-refractivity contribution in [3.05, 3.63) is 76.8 Å². The van der Waals surface area contributed by atoms with Crippen LogP contribution < -0.4 is 14.4 Å². The Morgan fingerprint density at radius 2 is 1.98 bits per heavy atom. The second kappa shape index (κ2) is 10.6. The topological polar surface area (TPSA) is 111 Å². The average Bonchev–Trinajstić information content (AvgIpc) is 3.71. The Labute approximate surface area is 258 Å². The molecule has 4 aliphatic rings. The summed E-state index contributed by atoms with van der Waals surface area (Å²) in [5.74, 6) is 0.255. The number of carbonyl (C=O) groups is 1. The van der Waals surface area contributed by atoms with E-state index in [2.05, 4.69) is 25.4 Å². The Morgan fingerprint density at radius 1 is 1.11 bits per heavy atom. The maximum atomic E-state index is 11.7. The van der Waals surface area contributed by atoms with E-state index < -0.39 is 11.8 Å². The van der Waals surface area contributed by atoms with Crippen LogP contribution in [-0.4, -0.2) is 81.6 Å². The SMILES string of the molecule is C[C@@]1(c2ccc(Cl)cn2)Oc2cccc(N3CCN(Cc4nc5ccc(C(=O)O)cc5n4C[C@@H]4CCO4)[C@@H]4COC[C@@H]43)c2O1. The highest BCUT2D eigenvalue weighted by Crippen LogP contribution is 2.50. The number of hydrogen-bond donors (Lipinski definition) is 1. The molecule has 4 aromatic rings. The van der Waals surface area contributed by atoms with Crippen molar-refractivity contribution in [3.8, 4) is 11.5 Å². The van der Waals surface area contributed by atoms with E-state index in [0.717, 1.165) is 48.7 Å². The first-order chi connectivity index (χ1) is 21.4. The van der Waals surface area contributed by atoms with Crippen molar-refractivity contribution < 1.29 is 28.8 Å². The minimum Gasteiger partial charge on any atom is -0.478 e. The lowest BCUT2D eigenvalue weighted by Gasteiger charge is -2.44. The molecule has 3 saturated heterocycles. The van der Waals surface area contributed by atoms with Crippen molar-refractivity contribution >= 4 is 34.3 Å². The summed E-state index contributed by atoms with van der Waals surface area (Å²) < 4.78 is 26.8. The van der Waals surface area contributed by atoms with E-state index in [-0.39, 0.29) is 23.8 Å². The summed E-state index contributed by atoms with van der Waals surface area (Å²) in [6.45, 7) is 6.63. The zero-order valence-electron chi connectivity index (χ0n) is 24.2. The number of imidazole rings is 1. The van der Waals surface area contributed by atoms with E-state index in [1.807, 2.05) is 25.1 Å². The first-order valence-corrected chi connectivity index (χ1v) is 15.3. The molecular formula is C32H32ClN5O6. The zero-order valence-corrected chi connectivity index (χ0v) is 24.9. The fraction of sp³-hybridized carbons (Fsp3) is 0.406. The molecule has 2 aromatic heterocycles. The molecule has 4 atom stereocenters. The summed E-state index contributed by atoms with van der Waals surface area (Å²) >= 11 is 6.07. The zero-order chi connectivity index (χ0) is 30.0. The third kappa shape index (κ3) is 4.66. The van der Waals surface area contributed by atoms with Gasteiger partial charge in [0, 0.05) is 32.8 Å². The van der Waals surface area contributed by atoms with Crippen molar-refractivity contribution in [2.24, 2.45) is 0 Å². The summed E-state index contributed by atoms with van der Waals surface area (Å²) in [7, 11) is 0. The summed E-state index contributed by atoms with van der Waals surface area (Å²) in [4.78, 5) is 26.0. The van der Waals surface area contributed by atoms with Crippen molar-refractivity contribution in [1.82, 2.24) is 19.4 Å². The van der Waals surface area contributed by atoms with Crippen molar-refractivity contribution in [1.29, 1.82) is 0 Å². The Morgan fingerprint density at radius 3 is 2.75 bits per heavy atom. The number of nitrogens with zero attached hydrogens (tertiary/aromatic N) is 5. The van der Waals surface area contributed by atoms with Gasteiger partial charge in [-0.05, 0) is 48.9 Å². The molecule has 1 N–H and O–H groups in total. The van der Waals surface area contributed by atoms with Gasteiger partial charge in [0.1, 0.15) is 11.5 Å². The van der Waals surface area contributed by atoms with Gasteiger partial charge in [0.15, 0.2) is 11.5 Å². The Hall–Kier alpha value is -3.90. The molecule has 12 heteroatoms. The average molecular weight is 618 g/mol. The van der Waals surface area contributed by atoms with Crippen LogP contribution in [0.25, 0.3) is 11.0 Å². The number of carboxylic acids is 1. The van der Waals surface area contributed by atoms with Gasteiger partial charge in [-0.3, -0.25) is 9.88 Å². The van der Waals surface area contributed by atoms with Crippen LogP contribution in [-0.2, 0) is 28.4 Å². The van der Waals surface area contributed by atoms with Gasteiger partial charge in [-0.15, -0.1) is 0 Å². The van der Waals surface area contributed by atoms with Gasteiger partial charge in [-0.25, -0.2) is 9.78 Å². The normalized spacial score (nSPS) is 26.1. The summed E-state index contributed by atoms with van der Waals surface area (Å²) in [5, 5.41) is 10.2. The van der Waals surface area contributed by atoms with Gasteiger partial charge < -0.3 is 33.5 Å². The molecule has 4 aliphatic heterocycles. The van der Waals surface area contributed by atoms with Crippen molar-refractivity contribution in [2.75, 3.05) is 37.8 Å². The van der Waals surface area contributed by atoms with Crippen molar-refractivity contribution in [2.45, 2.75) is 50.4 Å². The first kappa shape index (κ1) is 27.6. The van der Waals surface area contributed by atoms with Crippen LogP contribution in [0.1, 0.15) is 35.2 Å². The Balaban J connectivity index is 1.07. The molecule has 0 bridgehead atoms. The van der Waals surface area contributed by atoms with E-state index in [0.29, 0.717) is 48.5 Å². The third-order valence-corrected chi connectivity index (χ3v) is 9.40. The highest BCUT2D eigenvalue weighted by molar-refractivity contribution is 6.30. The number of fused-ring (bicyclic) bond motifs is 3. The van der Waals surface area contributed by atoms with E-state index in [4.69, 9.17) is 35.5 Å². The number of rotatable bonds is 7. The minimum atomic E-state index is -1.07. The molecular weight excluding hydrogens is 586 g/mol. The van der Waals surface area contributed by atoms with Gasteiger partial charge in [-0.2, -0.15) is 0 Å². The summed E-state index contributed by atoms with van der Waals surface area (Å²) in [6.07, 6.45) is 2.68. The molecule has 11 nitrogen and oxygen atoms in total. The quantitative estimate of drug-likeness (QED) is 0.322. The molecule has 2 aromatic carbocycles. The number of aromatic nitrogens is 3. The van der Waals surface area contributed by atoms with Crippen LogP contribution in [0.2, 0.25) is 5.02 Å². The second-order valence-electron chi connectivity index (χ2n) is 11.9. The predicted molar refractivity (Wildman–Crippen MR) is 161 cm³/mol. The smallest absolute Gasteiger partial charge is 0.335 e. The number of aromatic carboxylic acids is 1. The number of benzene rings is 2. The van der Waals surface area contributed by atoms with E-state index in [9.17, 15) is 9.90 Å². The lowest BCUT2D eigenvalue weighted by atomic mass is 10.0. The molecule has 0 unspecified atom stereocenters. The third-order valence-electron chi connectivity index (χ3n) is 9.18. The standard InChI is InChI=1S/C32H32ClN5O6/c1-32(28-8-6-20(33)14-34-28)43-27-4-2-3-23(30(27)44-32)37-11-10-36(25-17-41-18-26(25)37)16-29-35-22-7-5-19(31(39)40)13-24(22)38(29)15-21-9-12-42-21/h2-8,13-14,21,25-26H,9-12,15-18H2,1H3,(H,39,40)/t21-,25+,26-,32+/m0/s1. The molecule has 0 spiro atoms. The van der Waals surface area contributed by atoms with Gasteiger partial charge in [0.2, 0.25) is 0 Å². The molecule has 0 saturated carbocycles. The van der Waals surface area contributed by atoms with Crippen LogP contribution in [0.15, 0.2) is 54.7 Å². The van der Waals surface area contributed by atoms with Gasteiger partial charge in [0.05, 0.1) is 71.8 Å². The number of anilines is 1. The molecule has 0 amide bonds. The number of carboxylic acid groups (broad SMARTS) is 1. The molecule has 228 valence electrons. The maximum Gasteiger partial charge on any atom is 0.335 e. The maximum absolute atomic E-state index is 11.7. The predicted octanol–water partition coefficient (Wildman–Crippen LogP) is 4.31. The molecule has 0 aliphatic carbocycles. The number of para-hydroxylation sites is 1. The molecule has 8 rings (SSSR count). The van der Waals surface area contributed by atoms with Crippen molar-refractivity contribution in [3.63, 3.8) is 0 Å².